The van der Waals surface area contributed by atoms with Crippen LogP contribution in [0.5, 0.6) is 0 Å². The van der Waals surface area contributed by atoms with Gasteiger partial charge in [0.15, 0.2) is 0 Å². The highest BCUT2D eigenvalue weighted by atomic mass is 35.5. The van der Waals surface area contributed by atoms with Crippen LogP contribution in [0.4, 0.5) is 5.82 Å². The number of nitrogens with one attached hydrogen (secondary N) is 2. The van der Waals surface area contributed by atoms with Crippen LogP contribution in [0, 0.1) is 6.92 Å². The fourth-order valence-electron chi connectivity index (χ4n) is 1.07. The molecule has 0 aliphatic rings. The number of aryl methyl sites for hydroxylation is 1. The van der Waals surface area contributed by atoms with Crippen molar-refractivity contribution >= 4 is 23.3 Å². The number of aromatic nitrogens is 4. The maximum atomic E-state index is 11.6. The molecule has 7 heteroatoms. The van der Waals surface area contributed by atoms with E-state index in [4.69, 9.17) is 11.6 Å². The lowest BCUT2D eigenvalue weighted by Crippen LogP contribution is -2.14. The van der Waals surface area contributed by atoms with Crippen LogP contribution in [0.3, 0.4) is 0 Å². The Bertz CT molecular complexity index is 507. The summed E-state index contributed by atoms with van der Waals surface area (Å²) < 4.78 is 0. The molecular formula is C9H8ClN5O. The molecule has 2 aromatic rings. The first kappa shape index (κ1) is 10.6. The molecule has 0 bridgehead atoms. The lowest BCUT2D eigenvalue weighted by molar-refractivity contribution is 0.101. The second kappa shape index (κ2) is 4.28. The summed E-state index contributed by atoms with van der Waals surface area (Å²) in [6.45, 7) is 1.71. The Balaban J connectivity index is 2.10. The van der Waals surface area contributed by atoms with Gasteiger partial charge in [0.2, 0.25) is 5.82 Å². The van der Waals surface area contributed by atoms with Crippen molar-refractivity contribution in [3.8, 4) is 0 Å². The van der Waals surface area contributed by atoms with Gasteiger partial charge < -0.3 is 5.32 Å². The molecule has 0 aliphatic carbocycles. The van der Waals surface area contributed by atoms with Crippen LogP contribution in [-0.2, 0) is 0 Å². The lowest BCUT2D eigenvalue weighted by Gasteiger charge is -2.00. The van der Waals surface area contributed by atoms with Crippen LogP contribution in [0.15, 0.2) is 18.3 Å². The number of halogens is 1. The van der Waals surface area contributed by atoms with Crippen molar-refractivity contribution in [2.24, 2.45) is 0 Å². The number of amides is 1. The summed E-state index contributed by atoms with van der Waals surface area (Å²) in [5.74, 6) is 0.638. The van der Waals surface area contributed by atoms with Gasteiger partial charge in [0, 0.05) is 6.20 Å². The Morgan fingerprint density at radius 1 is 1.50 bits per heavy atom. The maximum Gasteiger partial charge on any atom is 0.296 e. The maximum absolute atomic E-state index is 11.6. The zero-order valence-corrected chi connectivity index (χ0v) is 9.12. The fourth-order valence-corrected chi connectivity index (χ4v) is 1.18. The zero-order chi connectivity index (χ0) is 11.5. The van der Waals surface area contributed by atoms with Crippen LogP contribution in [0.25, 0.3) is 0 Å². The number of nitrogens with zero attached hydrogens (tertiary/aromatic N) is 3. The highest BCUT2D eigenvalue weighted by Gasteiger charge is 2.11. The number of pyridine rings is 1. The van der Waals surface area contributed by atoms with E-state index in [1.165, 1.54) is 6.20 Å². The number of anilines is 1. The van der Waals surface area contributed by atoms with Crippen LogP contribution in [-0.4, -0.2) is 26.1 Å². The van der Waals surface area contributed by atoms with Gasteiger partial charge in [-0.25, -0.2) is 9.97 Å². The Morgan fingerprint density at radius 2 is 2.31 bits per heavy atom. The number of H-pyrrole nitrogens is 1. The van der Waals surface area contributed by atoms with Crippen molar-refractivity contribution in [2.45, 2.75) is 6.92 Å². The molecule has 1 amide bonds. The fraction of sp³-hybridized carbons (Fsp3) is 0.111. The van der Waals surface area contributed by atoms with E-state index in [2.05, 4.69) is 25.5 Å². The molecule has 2 heterocycles. The van der Waals surface area contributed by atoms with E-state index in [1.807, 2.05) is 0 Å². The number of rotatable bonds is 2. The Hall–Kier alpha value is -1.95. The van der Waals surface area contributed by atoms with Crippen molar-refractivity contribution in [3.05, 3.63) is 35.0 Å². The molecule has 16 heavy (non-hydrogen) atoms. The predicted octanol–water partition coefficient (Wildman–Crippen LogP) is 1.41. The molecule has 0 unspecified atom stereocenters. The minimum atomic E-state index is -0.417. The van der Waals surface area contributed by atoms with Gasteiger partial charge in [0.25, 0.3) is 5.91 Å². The Kier molecular flexibility index (Phi) is 2.82. The van der Waals surface area contributed by atoms with Crippen LogP contribution in [0.2, 0.25) is 5.02 Å². The van der Waals surface area contributed by atoms with Crippen LogP contribution >= 0.6 is 11.6 Å². The molecule has 6 nitrogen and oxygen atoms in total. The van der Waals surface area contributed by atoms with E-state index < -0.39 is 5.91 Å². The first-order valence-electron chi connectivity index (χ1n) is 4.47. The van der Waals surface area contributed by atoms with E-state index in [1.54, 1.807) is 19.1 Å². The molecule has 0 fully saturated rings. The van der Waals surface area contributed by atoms with E-state index in [-0.39, 0.29) is 5.82 Å². The summed E-state index contributed by atoms with van der Waals surface area (Å²) in [4.78, 5) is 19.4. The second-order valence-electron chi connectivity index (χ2n) is 3.06. The average Bonchev–Trinajstić information content (AvgIpc) is 2.68. The minimum Gasteiger partial charge on any atom is -0.304 e. The molecule has 0 saturated heterocycles. The molecule has 2 rings (SSSR count). The van der Waals surface area contributed by atoms with Crippen molar-refractivity contribution in [2.75, 3.05) is 5.32 Å². The third-order valence-electron chi connectivity index (χ3n) is 1.77. The zero-order valence-electron chi connectivity index (χ0n) is 8.36. The molecule has 0 aliphatic heterocycles. The number of carbonyl (C=O) groups is 1. The Labute approximate surface area is 96.1 Å². The third kappa shape index (κ3) is 2.34. The Morgan fingerprint density at radius 3 is 2.88 bits per heavy atom. The molecule has 2 aromatic heterocycles. The molecule has 0 spiro atoms. The van der Waals surface area contributed by atoms with Crippen molar-refractivity contribution in [3.63, 3.8) is 0 Å². The normalized spacial score (nSPS) is 10.1. The number of hydrogen-bond acceptors (Lipinski definition) is 4. The van der Waals surface area contributed by atoms with Gasteiger partial charge in [-0.15, -0.1) is 5.10 Å². The topological polar surface area (TPSA) is 83.6 Å². The molecule has 0 atom stereocenters. The van der Waals surface area contributed by atoms with Gasteiger partial charge in [-0.05, 0) is 19.1 Å². The van der Waals surface area contributed by atoms with Crippen molar-refractivity contribution in [1.82, 2.24) is 20.2 Å². The number of aromatic amines is 1. The summed E-state index contributed by atoms with van der Waals surface area (Å²) >= 11 is 5.66. The largest absolute Gasteiger partial charge is 0.304 e. The van der Waals surface area contributed by atoms with Gasteiger partial charge >= 0.3 is 0 Å². The molecular weight excluding hydrogens is 230 g/mol. The molecule has 82 valence electrons. The summed E-state index contributed by atoms with van der Waals surface area (Å²) in [6.07, 6.45) is 1.44. The summed E-state index contributed by atoms with van der Waals surface area (Å²) in [6, 6.07) is 3.23. The molecule has 0 aromatic carbocycles. The second-order valence-corrected chi connectivity index (χ2v) is 3.50. The third-order valence-corrected chi connectivity index (χ3v) is 1.99. The molecule has 2 N–H and O–H groups in total. The first-order valence-corrected chi connectivity index (χ1v) is 4.85. The van der Waals surface area contributed by atoms with E-state index >= 15 is 0 Å². The quantitative estimate of drug-likeness (QED) is 0.827. The smallest absolute Gasteiger partial charge is 0.296 e. The molecule has 0 saturated carbocycles. The lowest BCUT2D eigenvalue weighted by atomic mass is 10.4. The summed E-state index contributed by atoms with van der Waals surface area (Å²) in [7, 11) is 0. The van der Waals surface area contributed by atoms with Crippen molar-refractivity contribution in [1.29, 1.82) is 0 Å². The van der Waals surface area contributed by atoms with E-state index in [9.17, 15) is 4.79 Å². The van der Waals surface area contributed by atoms with Gasteiger partial charge in [-0.1, -0.05) is 11.6 Å². The highest BCUT2D eigenvalue weighted by Crippen LogP contribution is 2.09. The van der Waals surface area contributed by atoms with E-state index in [0.29, 0.717) is 16.7 Å². The average molecular weight is 238 g/mol. The van der Waals surface area contributed by atoms with Gasteiger partial charge in [0.1, 0.15) is 11.6 Å². The van der Waals surface area contributed by atoms with Crippen LogP contribution < -0.4 is 5.32 Å². The predicted molar refractivity (Wildman–Crippen MR) is 58.3 cm³/mol. The monoisotopic (exact) mass is 237 g/mol. The van der Waals surface area contributed by atoms with Gasteiger partial charge in [0.05, 0.1) is 5.02 Å². The van der Waals surface area contributed by atoms with Crippen molar-refractivity contribution < 1.29 is 4.79 Å². The first-order chi connectivity index (χ1) is 7.65. The highest BCUT2D eigenvalue weighted by molar-refractivity contribution is 6.30. The SMILES string of the molecule is Cc1nc(C(=O)Nc2ccc(Cl)cn2)n[nH]1. The van der Waals surface area contributed by atoms with E-state index in [0.717, 1.165) is 0 Å². The van der Waals surface area contributed by atoms with Gasteiger partial charge in [-0.3, -0.25) is 9.89 Å². The number of hydrogen-bond donors (Lipinski definition) is 2. The summed E-state index contributed by atoms with van der Waals surface area (Å²) in [5.41, 5.74) is 0. The van der Waals surface area contributed by atoms with Crippen LogP contribution in [0.1, 0.15) is 16.4 Å². The number of carbonyl (C=O) groups excluding carboxylic acids is 1. The summed E-state index contributed by atoms with van der Waals surface area (Å²) in [5, 5.41) is 9.36. The minimum absolute atomic E-state index is 0.0780. The standard InChI is InChI=1S/C9H8ClN5O/c1-5-12-8(15-14-5)9(16)13-7-3-2-6(10)4-11-7/h2-4H,1H3,(H,11,13,16)(H,12,14,15). The van der Waals surface area contributed by atoms with Gasteiger partial charge in [-0.2, -0.15) is 0 Å². The molecule has 0 radical (unpaired) electrons.